The van der Waals surface area contributed by atoms with Crippen molar-refractivity contribution in [2.24, 2.45) is 5.92 Å². The van der Waals surface area contributed by atoms with Crippen molar-refractivity contribution in [3.63, 3.8) is 0 Å². The maximum Gasteiger partial charge on any atom is 0.573 e. The molecule has 2 rings (SSSR count). The van der Waals surface area contributed by atoms with Gasteiger partial charge in [-0.2, -0.15) is 0 Å². The van der Waals surface area contributed by atoms with E-state index < -0.39 is 6.36 Å². The van der Waals surface area contributed by atoms with Gasteiger partial charge in [0.25, 0.3) is 0 Å². The second kappa shape index (κ2) is 6.01. The van der Waals surface area contributed by atoms with Gasteiger partial charge >= 0.3 is 6.36 Å². The van der Waals surface area contributed by atoms with Crippen molar-refractivity contribution < 1.29 is 22.6 Å². The third-order valence-corrected chi connectivity index (χ3v) is 3.49. The van der Waals surface area contributed by atoms with Crippen molar-refractivity contribution in [3.8, 4) is 5.75 Å². The zero-order valence-corrected chi connectivity index (χ0v) is 11.4. The minimum absolute atomic E-state index is 0.131. The van der Waals surface area contributed by atoms with Crippen LogP contribution in [0.2, 0.25) is 0 Å². The molecule has 1 aliphatic heterocycles. The molecule has 0 aromatic heterocycles. The number of nitrogens with one attached hydrogen (secondary N) is 1. The van der Waals surface area contributed by atoms with E-state index in [1.165, 1.54) is 12.1 Å². The molecule has 1 aromatic carbocycles. The summed E-state index contributed by atoms with van der Waals surface area (Å²) in [5, 5.41) is 3.08. The zero-order chi connectivity index (χ0) is 14.8. The fourth-order valence-electron chi connectivity index (χ4n) is 2.68. The molecular formula is C14H18F3NO2. The fourth-order valence-corrected chi connectivity index (χ4v) is 2.68. The molecule has 20 heavy (non-hydrogen) atoms. The van der Waals surface area contributed by atoms with Crippen molar-refractivity contribution in [1.82, 2.24) is 5.32 Å². The first-order valence-corrected chi connectivity index (χ1v) is 6.54. The van der Waals surface area contributed by atoms with E-state index in [-0.39, 0.29) is 23.8 Å². The van der Waals surface area contributed by atoms with Crippen LogP contribution in [0.15, 0.2) is 24.3 Å². The Morgan fingerprint density at radius 3 is 2.60 bits per heavy atom. The van der Waals surface area contributed by atoms with E-state index in [0.717, 1.165) is 6.42 Å². The van der Waals surface area contributed by atoms with Crippen molar-refractivity contribution in [2.45, 2.75) is 31.9 Å². The Balaban J connectivity index is 2.25. The molecule has 0 bridgehead atoms. The monoisotopic (exact) mass is 289 g/mol. The highest BCUT2D eigenvalue weighted by atomic mass is 19.4. The number of ether oxygens (including phenoxy) is 2. The Hall–Kier alpha value is -1.27. The van der Waals surface area contributed by atoms with Gasteiger partial charge in [-0.1, -0.05) is 18.2 Å². The van der Waals surface area contributed by atoms with Crippen LogP contribution in [0.4, 0.5) is 13.2 Å². The molecule has 3 nitrogen and oxygen atoms in total. The minimum Gasteiger partial charge on any atom is -0.405 e. The molecule has 6 heteroatoms. The molecule has 0 aliphatic carbocycles. The highest BCUT2D eigenvalue weighted by Crippen LogP contribution is 2.37. The van der Waals surface area contributed by atoms with Crippen LogP contribution in [0.25, 0.3) is 0 Å². The van der Waals surface area contributed by atoms with Crippen molar-refractivity contribution in [2.75, 3.05) is 13.7 Å². The number of rotatable bonds is 4. The van der Waals surface area contributed by atoms with E-state index in [9.17, 15) is 13.2 Å². The number of halogens is 3. The Kier molecular flexibility index (Phi) is 4.55. The van der Waals surface area contributed by atoms with Gasteiger partial charge in [-0.3, -0.25) is 0 Å². The van der Waals surface area contributed by atoms with E-state index in [4.69, 9.17) is 4.74 Å². The summed E-state index contributed by atoms with van der Waals surface area (Å²) in [6, 6.07) is 6.02. The molecule has 3 atom stereocenters. The van der Waals surface area contributed by atoms with Crippen LogP contribution < -0.4 is 10.1 Å². The third-order valence-electron chi connectivity index (χ3n) is 3.49. The number of para-hydroxylation sites is 1. The zero-order valence-electron chi connectivity index (χ0n) is 11.4. The lowest BCUT2D eigenvalue weighted by atomic mass is 9.90. The van der Waals surface area contributed by atoms with Crippen LogP contribution in [0.3, 0.4) is 0 Å². The standard InChI is InChI=1S/C14H18F3NO2/c1-9-7-10(8-19-9)13(18-2)11-5-3-4-6-12(11)20-14(15,16)17/h3-6,9-10,13,18H,7-8H2,1-2H3. The SMILES string of the molecule is CNC(c1ccccc1OC(F)(F)F)C1COC(C)C1. The van der Waals surface area contributed by atoms with E-state index in [0.29, 0.717) is 12.2 Å². The summed E-state index contributed by atoms with van der Waals surface area (Å²) in [6.45, 7) is 2.50. The van der Waals surface area contributed by atoms with Gasteiger partial charge < -0.3 is 14.8 Å². The van der Waals surface area contributed by atoms with Crippen molar-refractivity contribution in [3.05, 3.63) is 29.8 Å². The molecule has 1 aliphatic rings. The molecule has 1 heterocycles. The summed E-state index contributed by atoms with van der Waals surface area (Å²) >= 11 is 0. The summed E-state index contributed by atoms with van der Waals surface area (Å²) in [5.74, 6) is -0.0214. The lowest BCUT2D eigenvalue weighted by Crippen LogP contribution is -2.27. The van der Waals surface area contributed by atoms with Crippen LogP contribution in [-0.4, -0.2) is 26.1 Å². The number of hydrogen-bond acceptors (Lipinski definition) is 3. The second-order valence-electron chi connectivity index (χ2n) is 4.99. The maximum absolute atomic E-state index is 12.5. The molecular weight excluding hydrogens is 271 g/mol. The molecule has 1 saturated heterocycles. The van der Waals surface area contributed by atoms with Crippen molar-refractivity contribution >= 4 is 0 Å². The van der Waals surface area contributed by atoms with Gasteiger partial charge in [0.2, 0.25) is 0 Å². The van der Waals surface area contributed by atoms with Gasteiger partial charge in [0.15, 0.2) is 0 Å². The largest absolute Gasteiger partial charge is 0.573 e. The molecule has 1 aromatic rings. The van der Waals surface area contributed by atoms with Crippen LogP contribution in [0.1, 0.15) is 24.9 Å². The van der Waals surface area contributed by atoms with Gasteiger partial charge in [0.05, 0.1) is 12.7 Å². The van der Waals surface area contributed by atoms with Gasteiger partial charge in [0.1, 0.15) is 5.75 Å². The Morgan fingerprint density at radius 1 is 1.35 bits per heavy atom. The van der Waals surface area contributed by atoms with Crippen LogP contribution in [-0.2, 0) is 4.74 Å². The van der Waals surface area contributed by atoms with E-state index >= 15 is 0 Å². The van der Waals surface area contributed by atoms with Crippen LogP contribution in [0.5, 0.6) is 5.75 Å². The highest BCUT2D eigenvalue weighted by Gasteiger charge is 2.35. The number of hydrogen-bond donors (Lipinski definition) is 1. The Morgan fingerprint density at radius 2 is 2.05 bits per heavy atom. The fraction of sp³-hybridized carbons (Fsp3) is 0.571. The third kappa shape index (κ3) is 3.64. The quantitative estimate of drug-likeness (QED) is 0.922. The molecule has 1 N–H and O–H groups in total. The summed E-state index contributed by atoms with van der Waals surface area (Å²) in [7, 11) is 1.73. The summed E-state index contributed by atoms with van der Waals surface area (Å²) < 4.78 is 47.0. The van der Waals surface area contributed by atoms with Crippen LogP contribution >= 0.6 is 0 Å². The molecule has 0 spiro atoms. The Bertz CT molecular complexity index is 450. The average molecular weight is 289 g/mol. The minimum atomic E-state index is -4.69. The first-order valence-electron chi connectivity index (χ1n) is 6.54. The normalized spacial score (nSPS) is 24.6. The topological polar surface area (TPSA) is 30.5 Å². The number of alkyl halides is 3. The second-order valence-corrected chi connectivity index (χ2v) is 4.99. The van der Waals surface area contributed by atoms with Crippen molar-refractivity contribution in [1.29, 1.82) is 0 Å². The molecule has 0 amide bonds. The first-order chi connectivity index (χ1) is 9.40. The lowest BCUT2D eigenvalue weighted by Gasteiger charge is -2.25. The summed E-state index contributed by atoms with van der Waals surface area (Å²) in [5.41, 5.74) is 0.509. The van der Waals surface area contributed by atoms with Gasteiger partial charge in [-0.15, -0.1) is 13.2 Å². The predicted octanol–water partition coefficient (Wildman–Crippen LogP) is 3.27. The van der Waals surface area contributed by atoms with E-state index in [1.54, 1.807) is 19.2 Å². The number of benzene rings is 1. The molecule has 112 valence electrons. The predicted molar refractivity (Wildman–Crippen MR) is 68.4 cm³/mol. The molecule has 1 fully saturated rings. The lowest BCUT2D eigenvalue weighted by molar-refractivity contribution is -0.275. The maximum atomic E-state index is 12.5. The highest BCUT2D eigenvalue weighted by molar-refractivity contribution is 5.36. The first kappa shape index (κ1) is 15.1. The van der Waals surface area contributed by atoms with Gasteiger partial charge in [-0.05, 0) is 26.5 Å². The smallest absolute Gasteiger partial charge is 0.405 e. The molecule has 0 radical (unpaired) electrons. The van der Waals surface area contributed by atoms with Crippen LogP contribution in [0, 0.1) is 5.92 Å². The summed E-state index contributed by atoms with van der Waals surface area (Å²) in [4.78, 5) is 0. The van der Waals surface area contributed by atoms with Gasteiger partial charge in [0, 0.05) is 17.5 Å². The Labute approximate surface area is 116 Å². The summed E-state index contributed by atoms with van der Waals surface area (Å²) in [6.07, 6.45) is -3.74. The van der Waals surface area contributed by atoms with Gasteiger partial charge in [-0.25, -0.2) is 0 Å². The van der Waals surface area contributed by atoms with E-state index in [1.807, 2.05) is 6.92 Å². The molecule has 3 unspecified atom stereocenters. The average Bonchev–Trinajstić information content (AvgIpc) is 2.77. The molecule has 0 saturated carbocycles. The van der Waals surface area contributed by atoms with E-state index in [2.05, 4.69) is 10.1 Å².